The van der Waals surface area contributed by atoms with Crippen molar-refractivity contribution >= 4 is 5.78 Å². The third-order valence-corrected chi connectivity index (χ3v) is 3.23. The van der Waals surface area contributed by atoms with Gasteiger partial charge in [-0.05, 0) is 18.1 Å². The van der Waals surface area contributed by atoms with E-state index in [1.54, 1.807) is 6.08 Å². The maximum Gasteiger partial charge on any atom is 0 e. The van der Waals surface area contributed by atoms with Gasteiger partial charge in [0.25, 0.3) is 0 Å². The summed E-state index contributed by atoms with van der Waals surface area (Å²) < 4.78 is 35.8. The van der Waals surface area contributed by atoms with E-state index in [9.17, 15) is 4.79 Å². The van der Waals surface area contributed by atoms with Crippen LogP contribution in [0.4, 0.5) is 0 Å². The number of allylic oxidation sites excluding steroid dienone is 1. The molecule has 2 aromatic rings. The minimum absolute atomic E-state index is 0. The molecule has 0 amide bonds. The number of carbonyl (C=O) groups is 1. The van der Waals surface area contributed by atoms with E-state index in [1.165, 1.54) is 0 Å². The topological polar surface area (TPSA) is 106 Å². The van der Waals surface area contributed by atoms with Crippen molar-refractivity contribution in [2.24, 2.45) is 0 Å². The molecule has 0 N–H and O–H groups in total. The van der Waals surface area contributed by atoms with Gasteiger partial charge in [0, 0.05) is 22.6 Å². The molecule has 0 aliphatic carbocycles. The van der Waals surface area contributed by atoms with E-state index in [-0.39, 0.29) is 29.0 Å². The average Bonchev–Trinajstić information content (AvgIpc) is 2.85. The number of carbonyl (C=O) groups excluding carboxylic acids is 1. The normalized spacial score (nSPS) is 8.97. The van der Waals surface area contributed by atoms with Crippen LogP contribution in [0.25, 0.3) is 0 Å². The van der Waals surface area contributed by atoms with E-state index in [4.69, 9.17) is 23.3 Å². The summed E-state index contributed by atoms with van der Waals surface area (Å²) in [5.41, 5.74) is 1.84. The summed E-state index contributed by atoms with van der Waals surface area (Å²) in [6, 6.07) is 19.3. The fourth-order valence-corrected chi connectivity index (χ4v) is 1.98. The molecule has 2 rings (SSSR count). The number of hydrogen-bond acceptors (Lipinski definition) is 2. The summed E-state index contributed by atoms with van der Waals surface area (Å²) in [4.78, 5) is 12.0. The molecule has 0 aliphatic rings. The van der Waals surface area contributed by atoms with Gasteiger partial charge in [-0.3, -0.25) is 4.79 Å². The van der Waals surface area contributed by atoms with Crippen molar-refractivity contribution in [3.8, 4) is 0 Å². The van der Waals surface area contributed by atoms with Crippen molar-refractivity contribution in [3.63, 3.8) is 0 Å². The Kier molecular flexibility index (Phi) is 33.0. The molecular formula is C23H20FeO6. The van der Waals surface area contributed by atoms with Crippen LogP contribution in [0, 0.1) is 26.6 Å². The molecule has 0 bridgehead atoms. The molecule has 1 atom stereocenters. The van der Waals surface area contributed by atoms with Crippen LogP contribution in [-0.4, -0.2) is 11.9 Å². The van der Waals surface area contributed by atoms with Crippen molar-refractivity contribution < 1.29 is 45.2 Å². The molecule has 6 nitrogen and oxygen atoms in total. The molecule has 0 aromatic heterocycles. The fourth-order valence-electron chi connectivity index (χ4n) is 1.98. The maximum atomic E-state index is 12.0. The first-order valence-electron chi connectivity index (χ1n) is 8.04. The van der Waals surface area contributed by atoms with Crippen molar-refractivity contribution in [2.45, 2.75) is 26.1 Å². The van der Waals surface area contributed by atoms with Crippen molar-refractivity contribution in [2.75, 3.05) is 0 Å². The molecule has 0 heterocycles. The van der Waals surface area contributed by atoms with Crippen molar-refractivity contribution in [3.05, 3.63) is 111 Å². The first-order valence-corrected chi connectivity index (χ1v) is 8.04. The van der Waals surface area contributed by atoms with Crippen molar-refractivity contribution in [1.82, 2.24) is 0 Å². The third-order valence-electron chi connectivity index (χ3n) is 3.23. The van der Waals surface area contributed by atoms with Crippen LogP contribution < -0.4 is 0 Å². The van der Waals surface area contributed by atoms with E-state index >= 15 is 0 Å². The van der Waals surface area contributed by atoms with E-state index in [1.807, 2.05) is 73.7 Å². The number of rotatable bonds is 7. The number of benzene rings is 2. The molecule has 7 heteroatoms. The number of ether oxygens (including phenoxy) is 1. The monoisotopic (exact) mass is 448 g/mol. The zero-order valence-corrected chi connectivity index (χ0v) is 17.3. The Morgan fingerprint density at radius 3 is 1.73 bits per heavy atom. The summed E-state index contributed by atoms with van der Waals surface area (Å²) in [5.74, 6) is 0.0114. The van der Waals surface area contributed by atoms with Gasteiger partial charge in [-0.25, -0.2) is 0 Å². The smallest absolute Gasteiger partial charge is 0 e. The summed E-state index contributed by atoms with van der Waals surface area (Å²) in [6.07, 6.45) is 4.25. The minimum Gasteiger partial charge on any atom is 0 e. The van der Waals surface area contributed by atoms with Crippen LogP contribution >= 0.6 is 0 Å². The molecule has 0 radical (unpaired) electrons. The second-order valence-electron chi connectivity index (χ2n) is 4.83. The Morgan fingerprint density at radius 1 is 0.867 bits per heavy atom. The standard InChI is InChI=1S/C19H20O2.4CO.Fe/c1-2-18(21-15-16-9-5-3-6-10-16)13-14-19(20)17-11-7-4-8-12-17;4*1-2;/h3-14,18H,2,15H2,1H3;;;;;/b14-13+;;;;;. The third kappa shape index (κ3) is 17.4. The van der Waals surface area contributed by atoms with Crippen LogP contribution in [0.2, 0.25) is 0 Å². The molecule has 0 saturated carbocycles. The molecule has 156 valence electrons. The summed E-state index contributed by atoms with van der Waals surface area (Å²) in [6.45, 7) is 20.6. The van der Waals surface area contributed by atoms with Gasteiger partial charge in [-0.15, -0.1) is 0 Å². The Bertz CT molecular complexity index is 725. The summed E-state index contributed by atoms with van der Waals surface area (Å²) in [5, 5.41) is 0. The molecule has 0 aliphatic heterocycles. The predicted molar refractivity (Wildman–Crippen MR) is 101 cm³/mol. The van der Waals surface area contributed by atoms with Crippen molar-refractivity contribution in [1.29, 1.82) is 0 Å². The van der Waals surface area contributed by atoms with Crippen LogP contribution in [0.5, 0.6) is 0 Å². The molecule has 30 heavy (non-hydrogen) atoms. The Balaban J connectivity index is -0.000000336. The Labute approximate surface area is 187 Å². The SMILES string of the molecule is CCC(/C=C/C(=O)c1ccccc1)OCc1ccccc1.[C-]#[O+].[C-]#[O+].[C-]#[O+].[C-]#[O+].[Fe]. The van der Waals surface area contributed by atoms with Gasteiger partial charge in [-0.2, -0.15) is 0 Å². The van der Waals surface area contributed by atoms with Gasteiger partial charge < -0.3 is 4.74 Å². The predicted octanol–water partition coefficient (Wildman–Crippen LogP) is 4.27. The molecule has 0 spiro atoms. The second-order valence-corrected chi connectivity index (χ2v) is 4.83. The largest absolute Gasteiger partial charge is 0 e. The average molecular weight is 448 g/mol. The molecular weight excluding hydrogens is 428 g/mol. The van der Waals surface area contributed by atoms with Crippen LogP contribution in [0.1, 0.15) is 29.3 Å². The van der Waals surface area contributed by atoms with Gasteiger partial charge in [-0.1, -0.05) is 73.7 Å². The van der Waals surface area contributed by atoms with Gasteiger partial charge in [0.1, 0.15) is 0 Å². The van der Waals surface area contributed by atoms with E-state index in [0.29, 0.717) is 12.2 Å². The van der Waals surface area contributed by atoms with Crippen LogP contribution in [-0.2, 0) is 47.0 Å². The zero-order chi connectivity index (χ0) is 22.9. The van der Waals surface area contributed by atoms with E-state index in [0.717, 1.165) is 12.0 Å². The first kappa shape index (κ1) is 34.8. The van der Waals surface area contributed by atoms with E-state index < -0.39 is 0 Å². The quantitative estimate of drug-likeness (QED) is 0.208. The molecule has 1 unspecified atom stereocenters. The first-order chi connectivity index (χ1) is 14.3. The van der Waals surface area contributed by atoms with E-state index in [2.05, 4.69) is 26.6 Å². The molecule has 0 fully saturated rings. The fraction of sp³-hybridized carbons (Fsp3) is 0.174. The van der Waals surface area contributed by atoms with Gasteiger partial charge in [0.05, 0.1) is 12.7 Å². The summed E-state index contributed by atoms with van der Waals surface area (Å²) in [7, 11) is 0. The van der Waals surface area contributed by atoms with Gasteiger partial charge in [0.15, 0.2) is 5.78 Å². The number of ketones is 1. The van der Waals surface area contributed by atoms with Crippen LogP contribution in [0.15, 0.2) is 72.8 Å². The van der Waals surface area contributed by atoms with Gasteiger partial charge in [0.2, 0.25) is 0 Å². The van der Waals surface area contributed by atoms with Gasteiger partial charge >= 0.3 is 45.2 Å². The zero-order valence-electron chi connectivity index (χ0n) is 16.2. The molecule has 2 aromatic carbocycles. The second kappa shape index (κ2) is 28.5. The van der Waals surface area contributed by atoms with Crippen LogP contribution in [0.3, 0.4) is 0 Å². The minimum atomic E-state index is -0.0436. The summed E-state index contributed by atoms with van der Waals surface area (Å²) >= 11 is 0. The number of hydrogen-bond donors (Lipinski definition) is 0. The Hall–Kier alpha value is -2.71. The molecule has 0 saturated heterocycles. The maximum absolute atomic E-state index is 12.0. The Morgan fingerprint density at radius 2 is 1.30 bits per heavy atom.